The third kappa shape index (κ3) is 4.42. The number of hydrogen-bond donors (Lipinski definition) is 0. The van der Waals surface area contributed by atoms with Crippen molar-refractivity contribution in [2.45, 2.75) is 39.8 Å². The van der Waals surface area contributed by atoms with Gasteiger partial charge in [-0.1, -0.05) is 36.4 Å². The molecule has 1 aliphatic rings. The van der Waals surface area contributed by atoms with Crippen molar-refractivity contribution in [2.75, 3.05) is 6.79 Å². The van der Waals surface area contributed by atoms with Crippen molar-refractivity contribution in [3.05, 3.63) is 59.7 Å². The number of hydrogen-bond acceptors (Lipinski definition) is 4. The predicted molar refractivity (Wildman–Crippen MR) is 105 cm³/mol. The molecule has 27 heavy (non-hydrogen) atoms. The zero-order valence-corrected chi connectivity index (χ0v) is 16.1. The molecule has 3 rings (SSSR count). The van der Waals surface area contributed by atoms with E-state index in [9.17, 15) is 4.79 Å². The van der Waals surface area contributed by atoms with Gasteiger partial charge in [-0.05, 0) is 51.5 Å². The van der Waals surface area contributed by atoms with E-state index in [0.717, 1.165) is 16.9 Å². The van der Waals surface area contributed by atoms with Gasteiger partial charge in [-0.15, -0.1) is 0 Å². The smallest absolute Gasteiger partial charge is 0.415 e. The summed E-state index contributed by atoms with van der Waals surface area (Å²) in [5.41, 5.74) is 1.70. The Labute approximate surface area is 160 Å². The Morgan fingerprint density at radius 2 is 1.67 bits per heavy atom. The molecule has 0 aliphatic carbocycles. The first-order valence-corrected chi connectivity index (χ1v) is 9.12. The topological polar surface area (TPSA) is 48.0 Å². The molecule has 0 N–H and O–H groups in total. The van der Waals surface area contributed by atoms with E-state index in [1.54, 1.807) is 4.90 Å². The number of amides is 1. The Morgan fingerprint density at radius 3 is 2.33 bits per heavy atom. The van der Waals surface area contributed by atoms with Gasteiger partial charge < -0.3 is 19.1 Å². The molecular formula is C22H25NO4. The van der Waals surface area contributed by atoms with Gasteiger partial charge in [0.25, 0.3) is 0 Å². The quantitative estimate of drug-likeness (QED) is 0.540. The molecule has 1 heterocycles. The average molecular weight is 367 g/mol. The average Bonchev–Trinajstić information content (AvgIpc) is 3.09. The lowest BCUT2D eigenvalue weighted by atomic mass is 10.1. The SMILES string of the molecule is CC(C)N(C(=O)O/C(=C/c1ccc2c(c1)OCO2)c1ccccc1)C(C)C. The maximum atomic E-state index is 12.8. The summed E-state index contributed by atoms with van der Waals surface area (Å²) >= 11 is 0. The van der Waals surface area contributed by atoms with Crippen LogP contribution < -0.4 is 9.47 Å². The second-order valence-corrected chi connectivity index (χ2v) is 6.95. The summed E-state index contributed by atoms with van der Waals surface area (Å²) in [6.45, 7) is 8.13. The van der Waals surface area contributed by atoms with Crippen molar-refractivity contribution in [1.82, 2.24) is 4.90 Å². The number of fused-ring (bicyclic) bond motifs is 1. The molecule has 5 nitrogen and oxygen atoms in total. The van der Waals surface area contributed by atoms with Crippen LogP contribution >= 0.6 is 0 Å². The van der Waals surface area contributed by atoms with E-state index in [4.69, 9.17) is 14.2 Å². The van der Waals surface area contributed by atoms with Gasteiger partial charge in [0, 0.05) is 17.6 Å². The number of nitrogens with zero attached hydrogens (tertiary/aromatic N) is 1. The first kappa shape index (κ1) is 18.8. The van der Waals surface area contributed by atoms with E-state index in [-0.39, 0.29) is 25.0 Å². The van der Waals surface area contributed by atoms with E-state index in [1.807, 2.05) is 82.3 Å². The van der Waals surface area contributed by atoms with E-state index in [2.05, 4.69) is 0 Å². The fourth-order valence-electron chi connectivity index (χ4n) is 3.09. The molecule has 0 spiro atoms. The van der Waals surface area contributed by atoms with Gasteiger partial charge in [0.05, 0.1) is 0 Å². The van der Waals surface area contributed by atoms with Crippen LogP contribution in [0.5, 0.6) is 11.5 Å². The lowest BCUT2D eigenvalue weighted by Crippen LogP contribution is -2.42. The van der Waals surface area contributed by atoms with Crippen molar-refractivity contribution < 1.29 is 19.0 Å². The molecule has 1 amide bonds. The molecule has 0 saturated carbocycles. The number of carbonyl (C=O) groups is 1. The molecule has 0 atom stereocenters. The Balaban J connectivity index is 1.93. The van der Waals surface area contributed by atoms with Crippen LogP contribution in [0.1, 0.15) is 38.8 Å². The summed E-state index contributed by atoms with van der Waals surface area (Å²) in [7, 11) is 0. The summed E-state index contributed by atoms with van der Waals surface area (Å²) in [5.74, 6) is 1.90. The number of benzene rings is 2. The van der Waals surface area contributed by atoms with Crippen molar-refractivity contribution in [3.8, 4) is 11.5 Å². The number of carbonyl (C=O) groups excluding carboxylic acids is 1. The molecule has 142 valence electrons. The van der Waals surface area contributed by atoms with Crippen molar-refractivity contribution in [1.29, 1.82) is 0 Å². The molecule has 0 unspecified atom stereocenters. The third-order valence-corrected chi connectivity index (χ3v) is 4.27. The highest BCUT2D eigenvalue weighted by atomic mass is 16.7. The van der Waals surface area contributed by atoms with Gasteiger partial charge in [0.2, 0.25) is 6.79 Å². The largest absolute Gasteiger partial charge is 0.454 e. The second-order valence-electron chi connectivity index (χ2n) is 6.95. The third-order valence-electron chi connectivity index (χ3n) is 4.27. The monoisotopic (exact) mass is 367 g/mol. The fraction of sp³-hybridized carbons (Fsp3) is 0.318. The van der Waals surface area contributed by atoms with Gasteiger partial charge in [-0.25, -0.2) is 4.79 Å². The zero-order chi connectivity index (χ0) is 19.4. The molecule has 1 aliphatic heterocycles. The van der Waals surface area contributed by atoms with Crippen LogP contribution in [0.15, 0.2) is 48.5 Å². The van der Waals surface area contributed by atoms with E-state index < -0.39 is 0 Å². The minimum Gasteiger partial charge on any atom is -0.454 e. The first-order valence-electron chi connectivity index (χ1n) is 9.12. The summed E-state index contributed by atoms with van der Waals surface area (Å²) in [5, 5.41) is 0. The van der Waals surface area contributed by atoms with Crippen LogP contribution in [0, 0.1) is 0 Å². The molecule has 2 aromatic carbocycles. The van der Waals surface area contributed by atoms with Crippen molar-refractivity contribution >= 4 is 17.9 Å². The van der Waals surface area contributed by atoms with Gasteiger partial charge in [0.15, 0.2) is 11.5 Å². The molecule has 0 bridgehead atoms. The number of rotatable bonds is 5. The summed E-state index contributed by atoms with van der Waals surface area (Å²) in [6.07, 6.45) is 1.48. The van der Waals surface area contributed by atoms with Crippen molar-refractivity contribution in [3.63, 3.8) is 0 Å². The summed E-state index contributed by atoms with van der Waals surface area (Å²) < 4.78 is 16.6. The molecule has 0 aromatic heterocycles. The Morgan fingerprint density at radius 1 is 1.00 bits per heavy atom. The molecule has 5 heteroatoms. The normalized spacial score (nSPS) is 13.2. The van der Waals surface area contributed by atoms with E-state index in [0.29, 0.717) is 11.5 Å². The standard InChI is InChI=1S/C22H25NO4/c1-15(2)23(16(3)4)22(24)27-20(18-8-6-5-7-9-18)12-17-10-11-19-21(13-17)26-14-25-19/h5-13,15-16H,14H2,1-4H3/b20-12+. The maximum absolute atomic E-state index is 12.8. The fourth-order valence-corrected chi connectivity index (χ4v) is 3.09. The minimum atomic E-state index is -0.365. The van der Waals surface area contributed by atoms with E-state index in [1.165, 1.54) is 0 Å². The Bertz CT molecular complexity index is 819. The maximum Gasteiger partial charge on any atom is 0.415 e. The Kier molecular flexibility index (Phi) is 5.69. The Hall–Kier alpha value is -2.95. The van der Waals surface area contributed by atoms with E-state index >= 15 is 0 Å². The molecule has 2 aromatic rings. The van der Waals surface area contributed by atoms with Gasteiger partial charge in [-0.3, -0.25) is 0 Å². The zero-order valence-electron chi connectivity index (χ0n) is 16.1. The summed E-state index contributed by atoms with van der Waals surface area (Å²) in [4.78, 5) is 14.5. The lowest BCUT2D eigenvalue weighted by Gasteiger charge is -2.30. The molecule has 0 radical (unpaired) electrons. The second kappa shape index (κ2) is 8.16. The molecular weight excluding hydrogens is 342 g/mol. The molecule has 0 saturated heterocycles. The highest BCUT2D eigenvalue weighted by molar-refractivity contribution is 5.85. The number of ether oxygens (including phenoxy) is 3. The van der Waals surface area contributed by atoms with Crippen LogP contribution in [0.3, 0.4) is 0 Å². The first-order chi connectivity index (χ1) is 13.0. The molecule has 0 fully saturated rings. The highest BCUT2D eigenvalue weighted by Gasteiger charge is 2.23. The van der Waals surface area contributed by atoms with Gasteiger partial charge in [-0.2, -0.15) is 0 Å². The van der Waals surface area contributed by atoms with Crippen LogP contribution in [0.2, 0.25) is 0 Å². The van der Waals surface area contributed by atoms with Gasteiger partial charge in [0.1, 0.15) is 5.76 Å². The van der Waals surface area contributed by atoms with Crippen molar-refractivity contribution in [2.24, 2.45) is 0 Å². The minimum absolute atomic E-state index is 0.0417. The predicted octanol–water partition coefficient (Wildman–Crippen LogP) is 5.17. The van der Waals surface area contributed by atoms with Crippen LogP contribution in [0.4, 0.5) is 4.79 Å². The van der Waals surface area contributed by atoms with Crippen LogP contribution in [-0.4, -0.2) is 29.9 Å². The van der Waals surface area contributed by atoms with Gasteiger partial charge >= 0.3 is 6.09 Å². The summed E-state index contributed by atoms with van der Waals surface area (Å²) in [6, 6.07) is 15.3. The van der Waals surface area contributed by atoms with Crippen LogP contribution in [0.25, 0.3) is 11.8 Å². The highest BCUT2D eigenvalue weighted by Crippen LogP contribution is 2.34. The van der Waals surface area contributed by atoms with Crippen LogP contribution in [-0.2, 0) is 4.74 Å². The lowest BCUT2D eigenvalue weighted by molar-refractivity contribution is 0.115.